The maximum absolute atomic E-state index is 12.4. The Bertz CT molecular complexity index is 947. The first kappa shape index (κ1) is 18.4. The molecule has 0 unspecified atom stereocenters. The average Bonchev–Trinajstić information content (AvgIpc) is 3.19. The molecule has 0 atom stereocenters. The van der Waals surface area contributed by atoms with Crippen LogP contribution in [0.25, 0.3) is 10.9 Å². The number of H-pyrrole nitrogens is 1. The van der Waals surface area contributed by atoms with Crippen molar-refractivity contribution in [2.75, 3.05) is 39.6 Å². The predicted octanol–water partition coefficient (Wildman–Crippen LogP) is 0.744. The third-order valence-electron chi connectivity index (χ3n) is 4.08. The van der Waals surface area contributed by atoms with Crippen molar-refractivity contribution >= 4 is 34.5 Å². The zero-order valence-corrected chi connectivity index (χ0v) is 14.9. The van der Waals surface area contributed by atoms with Crippen molar-refractivity contribution in [1.82, 2.24) is 10.2 Å². The van der Waals surface area contributed by atoms with Crippen LogP contribution in [-0.2, 0) is 28.5 Å². The molecule has 10 nitrogen and oxygen atoms in total. The topological polar surface area (TPSA) is 120 Å². The molecular weight excluding hydrogens is 358 g/mol. The van der Waals surface area contributed by atoms with Crippen LogP contribution < -0.4 is 4.90 Å². The molecule has 1 N–H and O–H groups in total. The first-order chi connectivity index (χ1) is 13.0. The second-order valence-corrected chi connectivity index (χ2v) is 5.54. The van der Waals surface area contributed by atoms with Crippen LogP contribution in [0.4, 0.5) is 5.69 Å². The molecule has 0 spiro atoms. The molecule has 1 aromatic heterocycles. The number of aromatic nitrogens is 2. The zero-order chi connectivity index (χ0) is 19.6. The van der Waals surface area contributed by atoms with E-state index in [9.17, 15) is 14.4 Å². The van der Waals surface area contributed by atoms with Crippen molar-refractivity contribution in [2.45, 2.75) is 0 Å². The summed E-state index contributed by atoms with van der Waals surface area (Å²) >= 11 is 0. The molecule has 2 aromatic rings. The molecule has 0 saturated heterocycles. The molecule has 0 radical (unpaired) electrons. The fourth-order valence-electron chi connectivity index (χ4n) is 2.82. The van der Waals surface area contributed by atoms with Gasteiger partial charge in [-0.15, -0.1) is 0 Å². The van der Waals surface area contributed by atoms with E-state index in [-0.39, 0.29) is 30.2 Å². The first-order valence-corrected chi connectivity index (χ1v) is 7.82. The highest BCUT2D eigenvalue weighted by atomic mass is 16.5. The maximum atomic E-state index is 12.4. The fourth-order valence-corrected chi connectivity index (χ4v) is 2.82. The number of anilines is 1. The smallest absolute Gasteiger partial charge is 0.355 e. The van der Waals surface area contributed by atoms with E-state index in [1.165, 1.54) is 38.5 Å². The van der Waals surface area contributed by atoms with Crippen molar-refractivity contribution < 1.29 is 33.3 Å². The molecule has 1 aliphatic rings. The first-order valence-electron chi connectivity index (χ1n) is 7.82. The number of ether oxygens (including phenoxy) is 4. The lowest BCUT2D eigenvalue weighted by Crippen LogP contribution is -2.38. The van der Waals surface area contributed by atoms with Gasteiger partial charge in [-0.2, -0.15) is 5.10 Å². The van der Waals surface area contributed by atoms with E-state index in [1.807, 2.05) is 0 Å². The van der Waals surface area contributed by atoms with Gasteiger partial charge in [0.05, 0.1) is 50.8 Å². The second-order valence-electron chi connectivity index (χ2n) is 5.54. The van der Waals surface area contributed by atoms with Gasteiger partial charge in [0.15, 0.2) is 0 Å². The normalized spacial score (nSPS) is 14.3. The molecule has 10 heteroatoms. The largest absolute Gasteiger partial charge is 0.466 e. The van der Waals surface area contributed by atoms with E-state index >= 15 is 0 Å². The van der Waals surface area contributed by atoms with Crippen molar-refractivity contribution in [1.29, 1.82) is 0 Å². The Hall–Kier alpha value is -3.40. The minimum Gasteiger partial charge on any atom is -0.466 e. The quantitative estimate of drug-likeness (QED) is 0.609. The summed E-state index contributed by atoms with van der Waals surface area (Å²) in [6.07, 6.45) is 1.53. The minimum atomic E-state index is -0.731. The van der Waals surface area contributed by atoms with Gasteiger partial charge in [-0.1, -0.05) is 0 Å². The van der Waals surface area contributed by atoms with Gasteiger partial charge < -0.3 is 23.8 Å². The molecule has 142 valence electrons. The van der Waals surface area contributed by atoms with E-state index in [1.54, 1.807) is 6.07 Å². The lowest BCUT2D eigenvalue weighted by molar-refractivity contribution is -0.140. The van der Waals surface area contributed by atoms with Gasteiger partial charge in [0, 0.05) is 11.1 Å². The summed E-state index contributed by atoms with van der Waals surface area (Å²) < 4.78 is 19.8. The van der Waals surface area contributed by atoms with Gasteiger partial charge >= 0.3 is 17.9 Å². The molecule has 0 amide bonds. The SMILES string of the molecule is COC(=O)C1=C(C(=O)OC)N(c2cc(C(=O)OC)c3[nH]ncc3c2)COC1. The number of benzene rings is 1. The molecule has 0 fully saturated rings. The Morgan fingerprint density at radius 1 is 1.07 bits per heavy atom. The van der Waals surface area contributed by atoms with Crippen LogP contribution in [0.15, 0.2) is 29.6 Å². The van der Waals surface area contributed by atoms with Gasteiger partial charge in [0.25, 0.3) is 0 Å². The lowest BCUT2D eigenvalue weighted by Gasteiger charge is -2.31. The highest BCUT2D eigenvalue weighted by molar-refractivity contribution is 6.06. The molecule has 1 aromatic carbocycles. The molecular formula is C17H17N3O7. The van der Waals surface area contributed by atoms with Crippen LogP contribution in [0, 0.1) is 0 Å². The standard InChI is InChI=1S/C17H17N3O7/c1-24-15(21)11-5-10(4-9-6-18-19-13(9)11)20-8-27-7-12(16(22)25-2)14(20)17(23)26-3/h4-6H,7-8H2,1-3H3,(H,18,19). The summed E-state index contributed by atoms with van der Waals surface area (Å²) in [6.45, 7) is -0.139. The van der Waals surface area contributed by atoms with Crippen molar-refractivity contribution in [3.63, 3.8) is 0 Å². The summed E-state index contributed by atoms with van der Waals surface area (Å²) in [5.41, 5.74) is 1.12. The van der Waals surface area contributed by atoms with Gasteiger partial charge in [-0.05, 0) is 12.1 Å². The number of carbonyl (C=O) groups excluding carboxylic acids is 3. The number of rotatable bonds is 4. The zero-order valence-electron chi connectivity index (χ0n) is 14.9. The summed E-state index contributed by atoms with van der Waals surface area (Å²) in [5, 5.41) is 7.28. The Morgan fingerprint density at radius 3 is 2.44 bits per heavy atom. The summed E-state index contributed by atoms with van der Waals surface area (Å²) in [7, 11) is 3.67. The monoisotopic (exact) mass is 375 g/mol. The molecule has 0 saturated carbocycles. The third-order valence-corrected chi connectivity index (χ3v) is 4.08. The number of aromatic amines is 1. The van der Waals surface area contributed by atoms with Crippen LogP contribution in [0.1, 0.15) is 10.4 Å². The van der Waals surface area contributed by atoms with Gasteiger partial charge in [0.2, 0.25) is 0 Å². The summed E-state index contributed by atoms with van der Waals surface area (Å²) in [4.78, 5) is 38.0. The average molecular weight is 375 g/mol. The number of hydrogen-bond donors (Lipinski definition) is 1. The van der Waals surface area contributed by atoms with Crippen LogP contribution in [0.3, 0.4) is 0 Å². The summed E-state index contributed by atoms with van der Waals surface area (Å²) in [6, 6.07) is 3.21. The van der Waals surface area contributed by atoms with E-state index in [0.29, 0.717) is 16.6 Å². The van der Waals surface area contributed by atoms with Crippen molar-refractivity contribution in [2.24, 2.45) is 0 Å². The van der Waals surface area contributed by atoms with E-state index in [4.69, 9.17) is 18.9 Å². The molecule has 27 heavy (non-hydrogen) atoms. The van der Waals surface area contributed by atoms with Crippen LogP contribution in [0.5, 0.6) is 0 Å². The molecule has 2 heterocycles. The Morgan fingerprint density at radius 2 is 1.78 bits per heavy atom. The van der Waals surface area contributed by atoms with Gasteiger partial charge in [-0.25, -0.2) is 14.4 Å². The number of fused-ring (bicyclic) bond motifs is 1. The number of hydrogen-bond acceptors (Lipinski definition) is 9. The number of esters is 3. The fraction of sp³-hybridized carbons (Fsp3) is 0.294. The third kappa shape index (κ3) is 3.22. The van der Waals surface area contributed by atoms with Gasteiger partial charge in [0.1, 0.15) is 12.4 Å². The number of methoxy groups -OCH3 is 3. The Balaban J connectivity index is 2.20. The van der Waals surface area contributed by atoms with Crippen molar-refractivity contribution in [3.8, 4) is 0 Å². The van der Waals surface area contributed by atoms with E-state index in [2.05, 4.69) is 10.2 Å². The second kappa shape index (κ2) is 7.46. The minimum absolute atomic E-state index is 0.0162. The van der Waals surface area contributed by atoms with E-state index < -0.39 is 17.9 Å². The predicted molar refractivity (Wildman–Crippen MR) is 91.8 cm³/mol. The Labute approximate surface area is 153 Å². The van der Waals surface area contributed by atoms with Crippen molar-refractivity contribution in [3.05, 3.63) is 35.2 Å². The summed E-state index contributed by atoms with van der Waals surface area (Å²) in [5.74, 6) is -2.02. The molecule has 0 aliphatic carbocycles. The maximum Gasteiger partial charge on any atom is 0.355 e. The van der Waals surface area contributed by atoms with Crippen LogP contribution >= 0.6 is 0 Å². The van der Waals surface area contributed by atoms with Crippen LogP contribution in [-0.4, -0.2) is 62.8 Å². The van der Waals surface area contributed by atoms with E-state index in [0.717, 1.165) is 0 Å². The Kier molecular flexibility index (Phi) is 5.08. The molecule has 0 bridgehead atoms. The van der Waals surface area contributed by atoms with Gasteiger partial charge in [-0.3, -0.25) is 5.10 Å². The molecule has 3 rings (SSSR count). The number of nitrogens with zero attached hydrogens (tertiary/aromatic N) is 2. The number of nitrogens with one attached hydrogen (secondary N) is 1. The molecule has 1 aliphatic heterocycles. The van der Waals surface area contributed by atoms with Crippen LogP contribution in [0.2, 0.25) is 0 Å². The lowest BCUT2D eigenvalue weighted by atomic mass is 10.1. The highest BCUT2D eigenvalue weighted by Crippen LogP contribution is 2.31. The number of carbonyl (C=O) groups is 3. The highest BCUT2D eigenvalue weighted by Gasteiger charge is 2.33.